The van der Waals surface area contributed by atoms with Crippen LogP contribution < -0.4 is 9.47 Å². The quantitative estimate of drug-likeness (QED) is 0.223. The molecular weight excluding hydrogens is 428 g/mol. The zero-order valence-corrected chi connectivity index (χ0v) is 18.4. The van der Waals surface area contributed by atoms with Gasteiger partial charge in [-0.1, -0.05) is 78.9 Å². The van der Waals surface area contributed by atoms with Gasteiger partial charge in [-0.25, -0.2) is 0 Å². The Labute approximate surface area is 197 Å². The molecule has 4 aromatic rings. The van der Waals surface area contributed by atoms with Crippen molar-refractivity contribution in [2.45, 2.75) is 19.6 Å². The Morgan fingerprint density at radius 2 is 1.35 bits per heavy atom. The number of benzene rings is 4. The van der Waals surface area contributed by atoms with Crippen molar-refractivity contribution in [2.75, 3.05) is 0 Å². The molecule has 0 aliphatic rings. The molecule has 0 radical (unpaired) electrons. The van der Waals surface area contributed by atoms with Crippen LogP contribution in [0.3, 0.4) is 0 Å². The molecular formula is C28H22N2O4. The van der Waals surface area contributed by atoms with Crippen LogP contribution in [-0.2, 0) is 19.6 Å². The maximum atomic E-state index is 11.5. The molecule has 0 atom stereocenters. The van der Waals surface area contributed by atoms with Crippen molar-refractivity contribution in [3.8, 4) is 17.6 Å². The number of nitrogens with zero attached hydrogens (tertiary/aromatic N) is 2. The number of rotatable bonds is 9. The summed E-state index contributed by atoms with van der Waals surface area (Å²) in [5, 5.41) is 21.3. The van der Waals surface area contributed by atoms with Gasteiger partial charge in [-0.2, -0.15) is 5.26 Å². The molecule has 0 unspecified atom stereocenters. The van der Waals surface area contributed by atoms with E-state index in [9.17, 15) is 15.4 Å². The lowest BCUT2D eigenvalue weighted by molar-refractivity contribution is -0.386. The van der Waals surface area contributed by atoms with E-state index < -0.39 is 4.92 Å². The second-order valence-corrected chi connectivity index (χ2v) is 7.69. The summed E-state index contributed by atoms with van der Waals surface area (Å²) in [6.45, 7) is 0.575. The van der Waals surface area contributed by atoms with Gasteiger partial charge in [-0.15, -0.1) is 0 Å². The van der Waals surface area contributed by atoms with Crippen LogP contribution in [0.2, 0.25) is 0 Å². The first-order chi connectivity index (χ1) is 16.6. The van der Waals surface area contributed by atoms with Crippen LogP contribution in [0.4, 0.5) is 5.69 Å². The summed E-state index contributed by atoms with van der Waals surface area (Å²) in [5.74, 6) is 0.702. The molecule has 6 nitrogen and oxygen atoms in total. The fourth-order valence-corrected chi connectivity index (χ4v) is 3.60. The van der Waals surface area contributed by atoms with Gasteiger partial charge in [0.05, 0.1) is 10.5 Å². The first-order valence-electron chi connectivity index (χ1n) is 10.8. The standard InChI is InChI=1S/C28H22N2O4/c29-18-25-24(12-7-13-27(25)33-19-21-8-3-1-4-9-21)16-23-14-15-26(30(31)32)28(17-23)34-20-22-10-5-2-6-11-22/h1-15,17H,16,19-20H2. The van der Waals surface area contributed by atoms with Crippen LogP contribution in [0.25, 0.3) is 0 Å². The number of hydrogen-bond donors (Lipinski definition) is 0. The highest BCUT2D eigenvalue weighted by Gasteiger charge is 2.17. The SMILES string of the molecule is N#Cc1c(Cc2ccc([N+](=O)[O-])c(OCc3ccccc3)c2)cccc1OCc1ccccc1. The van der Waals surface area contributed by atoms with Gasteiger partial charge in [0.2, 0.25) is 0 Å². The summed E-state index contributed by atoms with van der Waals surface area (Å²) in [6, 6.07) is 31.7. The van der Waals surface area contributed by atoms with E-state index in [4.69, 9.17) is 9.47 Å². The molecule has 4 aromatic carbocycles. The maximum absolute atomic E-state index is 11.5. The largest absolute Gasteiger partial charge is 0.488 e. The van der Waals surface area contributed by atoms with Gasteiger partial charge in [0.25, 0.3) is 0 Å². The molecule has 0 aliphatic heterocycles. The van der Waals surface area contributed by atoms with Gasteiger partial charge in [0.1, 0.15) is 25.0 Å². The summed E-state index contributed by atoms with van der Waals surface area (Å²) in [7, 11) is 0. The van der Waals surface area contributed by atoms with E-state index in [2.05, 4.69) is 6.07 Å². The third kappa shape index (κ3) is 5.59. The Morgan fingerprint density at radius 3 is 1.94 bits per heavy atom. The smallest absolute Gasteiger partial charge is 0.310 e. The van der Waals surface area contributed by atoms with Crippen LogP contribution in [-0.4, -0.2) is 4.92 Å². The summed E-state index contributed by atoms with van der Waals surface area (Å²) in [6.07, 6.45) is 0.408. The average molecular weight is 450 g/mol. The Balaban J connectivity index is 1.55. The van der Waals surface area contributed by atoms with Crippen LogP contribution >= 0.6 is 0 Å². The molecule has 0 amide bonds. The molecule has 0 heterocycles. The third-order valence-corrected chi connectivity index (χ3v) is 5.31. The number of hydrogen-bond acceptors (Lipinski definition) is 5. The van der Waals surface area contributed by atoms with Crippen LogP contribution in [0.1, 0.15) is 27.8 Å². The van der Waals surface area contributed by atoms with E-state index in [1.54, 1.807) is 18.2 Å². The zero-order valence-electron chi connectivity index (χ0n) is 18.4. The van der Waals surface area contributed by atoms with Crippen molar-refractivity contribution in [3.05, 3.63) is 135 Å². The number of nitro groups is 1. The Bertz CT molecular complexity index is 1320. The minimum absolute atomic E-state index is 0.0971. The maximum Gasteiger partial charge on any atom is 0.310 e. The second kappa shape index (κ2) is 10.8. The molecule has 0 bridgehead atoms. The minimum atomic E-state index is -0.455. The predicted octanol–water partition coefficient (Wildman–Crippen LogP) is 6.22. The van der Waals surface area contributed by atoms with Gasteiger partial charge in [0.15, 0.2) is 5.75 Å². The molecule has 0 saturated heterocycles. The van der Waals surface area contributed by atoms with Gasteiger partial charge in [-0.05, 0) is 40.8 Å². The summed E-state index contributed by atoms with van der Waals surface area (Å²) < 4.78 is 11.7. The molecule has 0 aromatic heterocycles. The van der Waals surface area contributed by atoms with Crippen molar-refractivity contribution >= 4 is 5.69 Å². The van der Waals surface area contributed by atoms with Crippen molar-refractivity contribution in [3.63, 3.8) is 0 Å². The molecule has 0 spiro atoms. The first kappa shape index (κ1) is 22.6. The van der Waals surface area contributed by atoms with Gasteiger partial charge >= 0.3 is 5.69 Å². The van der Waals surface area contributed by atoms with Gasteiger partial charge in [0, 0.05) is 6.07 Å². The van der Waals surface area contributed by atoms with Crippen LogP contribution in [0.5, 0.6) is 11.5 Å². The Morgan fingerprint density at radius 1 is 0.735 bits per heavy atom. The predicted molar refractivity (Wildman–Crippen MR) is 129 cm³/mol. The molecule has 4 rings (SSSR count). The van der Waals surface area contributed by atoms with E-state index in [1.807, 2.05) is 72.8 Å². The summed E-state index contributed by atoms with van der Waals surface area (Å²) >= 11 is 0. The lowest BCUT2D eigenvalue weighted by atomic mass is 9.99. The first-order valence-corrected chi connectivity index (χ1v) is 10.8. The van der Waals surface area contributed by atoms with Crippen LogP contribution in [0, 0.1) is 21.4 Å². The third-order valence-electron chi connectivity index (χ3n) is 5.31. The molecule has 168 valence electrons. The van der Waals surface area contributed by atoms with Gasteiger partial charge in [-0.3, -0.25) is 10.1 Å². The second-order valence-electron chi connectivity index (χ2n) is 7.69. The average Bonchev–Trinajstić information content (AvgIpc) is 2.87. The Hall–Kier alpha value is -4.63. The van der Waals surface area contributed by atoms with E-state index in [-0.39, 0.29) is 18.0 Å². The topological polar surface area (TPSA) is 85.4 Å². The van der Waals surface area contributed by atoms with Crippen molar-refractivity contribution in [2.24, 2.45) is 0 Å². The van der Waals surface area contributed by atoms with Crippen LogP contribution in [0.15, 0.2) is 97.1 Å². The number of nitro benzene ring substituents is 1. The summed E-state index contributed by atoms with van der Waals surface area (Å²) in [5.41, 5.74) is 3.84. The molecule has 0 N–H and O–H groups in total. The number of ether oxygens (including phenoxy) is 2. The molecule has 6 heteroatoms. The highest BCUT2D eigenvalue weighted by Crippen LogP contribution is 2.31. The van der Waals surface area contributed by atoms with Crippen molar-refractivity contribution in [1.82, 2.24) is 0 Å². The molecule has 0 aliphatic carbocycles. The highest BCUT2D eigenvalue weighted by molar-refractivity contribution is 5.53. The van der Waals surface area contributed by atoms with E-state index in [1.165, 1.54) is 6.07 Å². The van der Waals surface area contributed by atoms with E-state index in [0.717, 1.165) is 22.3 Å². The molecule has 0 fully saturated rings. The monoisotopic (exact) mass is 450 g/mol. The lowest BCUT2D eigenvalue weighted by Crippen LogP contribution is -2.02. The number of nitriles is 1. The normalized spacial score (nSPS) is 10.3. The lowest BCUT2D eigenvalue weighted by Gasteiger charge is -2.12. The molecule has 34 heavy (non-hydrogen) atoms. The summed E-state index contributed by atoms with van der Waals surface area (Å²) in [4.78, 5) is 11.0. The fourth-order valence-electron chi connectivity index (χ4n) is 3.60. The van der Waals surface area contributed by atoms with E-state index in [0.29, 0.717) is 24.3 Å². The minimum Gasteiger partial charge on any atom is -0.488 e. The molecule has 0 saturated carbocycles. The van der Waals surface area contributed by atoms with E-state index >= 15 is 0 Å². The zero-order chi connectivity index (χ0) is 23.8. The Kier molecular flexibility index (Phi) is 7.16. The van der Waals surface area contributed by atoms with Gasteiger partial charge < -0.3 is 9.47 Å². The van der Waals surface area contributed by atoms with Crippen molar-refractivity contribution < 1.29 is 14.4 Å². The highest BCUT2D eigenvalue weighted by atomic mass is 16.6. The van der Waals surface area contributed by atoms with Crippen molar-refractivity contribution in [1.29, 1.82) is 5.26 Å². The fraction of sp³-hybridized carbons (Fsp3) is 0.107.